The number of nitrogens with one attached hydrogen (secondary N) is 4. The molecule has 2 fully saturated rings. The summed E-state index contributed by atoms with van der Waals surface area (Å²) in [4.78, 5) is 13.6. The maximum absolute atomic E-state index is 14.3. The molecule has 7 atom stereocenters. The minimum Gasteiger partial charge on any atom is -0.449 e. The third-order valence-electron chi connectivity index (χ3n) is 7.89. The van der Waals surface area contributed by atoms with Gasteiger partial charge in [0.05, 0.1) is 12.7 Å². The molecule has 0 aromatic heterocycles. The van der Waals surface area contributed by atoms with E-state index in [2.05, 4.69) is 41.3 Å². The molecule has 1 aliphatic carbocycles. The van der Waals surface area contributed by atoms with Crippen molar-refractivity contribution in [2.75, 3.05) is 32.7 Å². The molecular weight excluding hydrogens is 409 g/mol. The molecule has 0 spiro atoms. The molecule has 5 aliphatic rings. The topological polar surface area (TPSA) is 124 Å². The van der Waals surface area contributed by atoms with Crippen LogP contribution in [0.3, 0.4) is 0 Å². The van der Waals surface area contributed by atoms with Gasteiger partial charge in [-0.2, -0.15) is 0 Å². The van der Waals surface area contributed by atoms with Crippen molar-refractivity contribution >= 4 is 5.91 Å². The molecule has 0 radical (unpaired) electrons. The van der Waals surface area contributed by atoms with Crippen LogP contribution in [-0.2, 0) is 4.79 Å². The maximum Gasteiger partial charge on any atom is 0.250 e. The number of hydrogen-bond donors (Lipinski definition) is 6. The SMILES string of the molecule is CCCC1C2=C(C(=O)NC3CNCC=C3[NH+]3CCC[N-]3)C(N)NC(CC(F)CN)C1(C)C2. The van der Waals surface area contributed by atoms with Crippen molar-refractivity contribution in [1.82, 2.24) is 16.0 Å². The number of carbonyl (C=O) groups is 1. The first-order valence-electron chi connectivity index (χ1n) is 12.2. The Morgan fingerprint density at radius 1 is 1.50 bits per heavy atom. The quantitative estimate of drug-likeness (QED) is 0.301. The molecule has 0 aromatic rings. The number of nitrogens with zero attached hydrogens (tertiary/aromatic N) is 1. The lowest BCUT2D eigenvalue weighted by molar-refractivity contribution is -0.813. The van der Waals surface area contributed by atoms with Crippen molar-refractivity contribution in [1.29, 1.82) is 0 Å². The van der Waals surface area contributed by atoms with E-state index >= 15 is 0 Å². The molecule has 1 saturated carbocycles. The number of alkyl halides is 1. The van der Waals surface area contributed by atoms with Gasteiger partial charge in [0.2, 0.25) is 0 Å². The highest BCUT2D eigenvalue weighted by molar-refractivity contribution is 5.96. The Balaban J connectivity index is 1.56. The molecule has 32 heavy (non-hydrogen) atoms. The molecule has 4 heterocycles. The highest BCUT2D eigenvalue weighted by atomic mass is 19.1. The van der Waals surface area contributed by atoms with Gasteiger partial charge in [-0.25, -0.2) is 4.39 Å². The molecule has 5 rings (SSSR count). The number of nitrogens with two attached hydrogens (primary N) is 2. The molecular formula is C23H40FN7O. The van der Waals surface area contributed by atoms with Crippen molar-refractivity contribution in [3.05, 3.63) is 28.3 Å². The lowest BCUT2D eigenvalue weighted by Crippen LogP contribution is -3.06. The van der Waals surface area contributed by atoms with Gasteiger partial charge in [-0.3, -0.25) is 10.1 Å². The Kier molecular flexibility index (Phi) is 7.33. The van der Waals surface area contributed by atoms with E-state index in [1.165, 1.54) is 0 Å². The Morgan fingerprint density at radius 3 is 3.00 bits per heavy atom. The van der Waals surface area contributed by atoms with Crippen molar-refractivity contribution in [3.8, 4) is 0 Å². The Bertz CT molecular complexity index is 765. The average Bonchev–Trinajstić information content (AvgIpc) is 3.26. The molecule has 1 saturated heterocycles. The zero-order chi connectivity index (χ0) is 22.9. The second kappa shape index (κ2) is 9.87. The van der Waals surface area contributed by atoms with Crippen LogP contribution in [0.1, 0.15) is 46.0 Å². The first-order chi connectivity index (χ1) is 15.4. The normalized spacial score (nSPS) is 38.0. The number of quaternary nitrogens is 1. The van der Waals surface area contributed by atoms with E-state index in [9.17, 15) is 9.18 Å². The van der Waals surface area contributed by atoms with Crippen LogP contribution >= 0.6 is 0 Å². The van der Waals surface area contributed by atoms with E-state index < -0.39 is 12.3 Å². The fraction of sp³-hybridized carbons (Fsp3) is 0.783. The molecule has 8 nitrogen and oxygen atoms in total. The summed E-state index contributed by atoms with van der Waals surface area (Å²) < 4.78 is 14.3. The second-order valence-electron chi connectivity index (χ2n) is 10.0. The number of halogens is 1. The summed E-state index contributed by atoms with van der Waals surface area (Å²) in [6, 6.07) is -0.225. The van der Waals surface area contributed by atoms with Crippen LogP contribution in [0, 0.1) is 11.3 Å². The van der Waals surface area contributed by atoms with E-state index in [4.69, 9.17) is 11.5 Å². The Hall–Kier alpha value is -1.36. The summed E-state index contributed by atoms with van der Waals surface area (Å²) in [5.41, 5.74) is 19.6. The summed E-state index contributed by atoms with van der Waals surface area (Å²) in [7, 11) is 0. The van der Waals surface area contributed by atoms with Crippen molar-refractivity contribution in [2.45, 2.75) is 70.4 Å². The van der Waals surface area contributed by atoms with Crippen molar-refractivity contribution in [2.24, 2.45) is 22.8 Å². The van der Waals surface area contributed by atoms with Crippen molar-refractivity contribution in [3.63, 3.8) is 0 Å². The highest BCUT2D eigenvalue weighted by Crippen LogP contribution is 2.58. The van der Waals surface area contributed by atoms with Gasteiger partial charge in [-0.05, 0) is 43.1 Å². The summed E-state index contributed by atoms with van der Waals surface area (Å²) in [6.45, 7) is 7.67. The third-order valence-corrected chi connectivity index (χ3v) is 7.89. The first-order valence-corrected chi connectivity index (χ1v) is 12.2. The van der Waals surface area contributed by atoms with Crippen LogP contribution < -0.4 is 32.4 Å². The molecule has 9 heteroatoms. The van der Waals surface area contributed by atoms with Gasteiger partial charge in [-0.1, -0.05) is 25.8 Å². The fourth-order valence-electron chi connectivity index (χ4n) is 6.15. The van der Waals surface area contributed by atoms with E-state index in [1.54, 1.807) is 0 Å². The maximum atomic E-state index is 14.3. The molecule has 0 aromatic carbocycles. The van der Waals surface area contributed by atoms with Gasteiger partial charge < -0.3 is 32.5 Å². The lowest BCUT2D eigenvalue weighted by atomic mass is 9.52. The number of rotatable bonds is 8. The smallest absolute Gasteiger partial charge is 0.250 e. The van der Waals surface area contributed by atoms with Gasteiger partial charge in [0.1, 0.15) is 17.9 Å². The van der Waals surface area contributed by atoms with Crippen LogP contribution in [0.4, 0.5) is 4.39 Å². The zero-order valence-electron chi connectivity index (χ0n) is 19.4. The standard InChI is InChI=1S/C23H40FN7O/c1-3-5-16-15-11-23(16,2)19(10-14(24)12-25)30-21(26)20(15)22(32)29-17-13-27-8-6-18(17)31-9-4-7-28-31/h6,14,16-17,19,21,27,30-31H,3-5,7-13,25-26H2,1-2H3,(H,29,32). The minimum absolute atomic E-state index is 0.00322. The van der Waals surface area contributed by atoms with Crippen LogP contribution in [0.15, 0.2) is 22.9 Å². The van der Waals surface area contributed by atoms with Gasteiger partial charge in [0.25, 0.3) is 5.91 Å². The van der Waals surface area contributed by atoms with Gasteiger partial charge in [-0.15, -0.1) is 6.54 Å². The van der Waals surface area contributed by atoms with Crippen LogP contribution in [0.25, 0.3) is 5.43 Å². The van der Waals surface area contributed by atoms with E-state index in [0.717, 1.165) is 61.6 Å². The van der Waals surface area contributed by atoms with E-state index in [1.807, 2.05) is 0 Å². The predicted octanol–water partition coefficient (Wildman–Crippen LogP) is -0.398. The molecule has 4 aliphatic heterocycles. The third kappa shape index (κ3) is 4.38. The molecule has 7 unspecified atom stereocenters. The lowest BCUT2D eigenvalue weighted by Gasteiger charge is -2.53. The monoisotopic (exact) mass is 449 g/mol. The van der Waals surface area contributed by atoms with Crippen molar-refractivity contribution < 1.29 is 14.2 Å². The predicted molar refractivity (Wildman–Crippen MR) is 123 cm³/mol. The largest absolute Gasteiger partial charge is 0.449 e. The van der Waals surface area contributed by atoms with Gasteiger partial charge in [0, 0.05) is 31.2 Å². The number of hydrogen-bond acceptors (Lipinski definition) is 5. The van der Waals surface area contributed by atoms with Crippen LogP contribution in [0.2, 0.25) is 0 Å². The zero-order valence-corrected chi connectivity index (χ0v) is 19.4. The van der Waals surface area contributed by atoms with E-state index in [0.29, 0.717) is 18.5 Å². The molecule has 8 N–H and O–H groups in total. The minimum atomic E-state index is -1.08. The first kappa shape index (κ1) is 23.8. The van der Waals surface area contributed by atoms with Gasteiger partial charge in [0.15, 0.2) is 0 Å². The molecule has 2 bridgehead atoms. The second-order valence-corrected chi connectivity index (χ2v) is 10.0. The van der Waals surface area contributed by atoms with Gasteiger partial charge >= 0.3 is 0 Å². The molecule has 180 valence electrons. The summed E-state index contributed by atoms with van der Waals surface area (Å²) in [5.74, 6) is 0.126. The average molecular weight is 450 g/mol. The van der Waals surface area contributed by atoms with Crippen LogP contribution in [0.5, 0.6) is 0 Å². The molecule has 1 amide bonds. The Labute approximate surface area is 190 Å². The Morgan fingerprint density at radius 2 is 2.31 bits per heavy atom. The highest BCUT2D eigenvalue weighted by Gasteiger charge is 2.56. The van der Waals surface area contributed by atoms with Crippen LogP contribution in [-0.4, -0.2) is 63.1 Å². The fourth-order valence-corrected chi connectivity index (χ4v) is 6.15. The number of fused-ring (bicyclic) bond motifs is 3. The van der Waals surface area contributed by atoms with E-state index in [-0.39, 0.29) is 35.9 Å². The number of carbonyl (C=O) groups excluding carboxylic acids is 1. The summed E-state index contributed by atoms with van der Waals surface area (Å²) >= 11 is 0. The summed E-state index contributed by atoms with van der Waals surface area (Å²) in [5, 5.41) is 11.1. The number of allylic oxidation sites excluding steroid dienone is 1. The summed E-state index contributed by atoms with van der Waals surface area (Å²) in [6.07, 6.45) is 4.61. The number of amides is 1.